The summed E-state index contributed by atoms with van der Waals surface area (Å²) in [6.45, 7) is 6.64. The SMILES string of the molecule is CCOC(=O)c1c(NC(=O)c2cccc(SCC)c2)sc2c1CCN(Cc1ccccc1)C2.Cl. The fourth-order valence-corrected chi connectivity index (χ4v) is 6.00. The van der Waals surface area contributed by atoms with E-state index in [2.05, 4.69) is 41.4 Å². The molecule has 0 saturated carbocycles. The van der Waals surface area contributed by atoms with E-state index in [1.807, 2.05) is 24.3 Å². The number of carbonyl (C=O) groups is 2. The average Bonchev–Trinajstić information content (AvgIpc) is 3.17. The zero-order valence-electron chi connectivity index (χ0n) is 19.3. The first kappa shape index (κ1) is 26.3. The molecule has 5 nitrogen and oxygen atoms in total. The van der Waals surface area contributed by atoms with Crippen LogP contribution in [0, 0.1) is 0 Å². The molecule has 0 unspecified atom stereocenters. The number of halogens is 1. The minimum Gasteiger partial charge on any atom is -0.462 e. The summed E-state index contributed by atoms with van der Waals surface area (Å²) in [6, 6.07) is 18.0. The number of amides is 1. The number of carbonyl (C=O) groups excluding carboxylic acids is 2. The van der Waals surface area contributed by atoms with Crippen molar-refractivity contribution in [2.24, 2.45) is 0 Å². The zero-order valence-corrected chi connectivity index (χ0v) is 21.8. The predicted octanol–water partition coefficient (Wildman–Crippen LogP) is 6.27. The largest absolute Gasteiger partial charge is 0.462 e. The number of hydrogen-bond donors (Lipinski definition) is 1. The van der Waals surface area contributed by atoms with Crippen molar-refractivity contribution in [3.8, 4) is 0 Å². The Labute approximate surface area is 215 Å². The van der Waals surface area contributed by atoms with Gasteiger partial charge in [0.1, 0.15) is 5.00 Å². The van der Waals surface area contributed by atoms with E-state index < -0.39 is 0 Å². The zero-order chi connectivity index (χ0) is 23.2. The number of hydrogen-bond acceptors (Lipinski definition) is 6. The van der Waals surface area contributed by atoms with Crippen LogP contribution in [0.3, 0.4) is 0 Å². The normalized spacial score (nSPS) is 13.0. The van der Waals surface area contributed by atoms with E-state index in [9.17, 15) is 9.59 Å². The number of thiophene rings is 1. The van der Waals surface area contributed by atoms with Crippen molar-refractivity contribution in [2.75, 3.05) is 24.2 Å². The second-order valence-corrected chi connectivity index (χ2v) is 10.2. The molecule has 1 amide bonds. The highest BCUT2D eigenvalue weighted by Crippen LogP contribution is 2.38. The maximum atomic E-state index is 13.0. The summed E-state index contributed by atoms with van der Waals surface area (Å²) in [5.41, 5.74) is 3.37. The highest BCUT2D eigenvalue weighted by atomic mass is 35.5. The Bertz CT molecular complexity index is 1130. The van der Waals surface area contributed by atoms with Crippen molar-refractivity contribution in [3.63, 3.8) is 0 Å². The van der Waals surface area contributed by atoms with Gasteiger partial charge in [-0.1, -0.05) is 43.3 Å². The summed E-state index contributed by atoms with van der Waals surface area (Å²) in [6.07, 6.45) is 0.755. The van der Waals surface area contributed by atoms with Crippen LogP contribution in [-0.2, 0) is 24.2 Å². The highest BCUT2D eigenvalue weighted by molar-refractivity contribution is 7.99. The molecule has 2 aromatic carbocycles. The third-order valence-corrected chi connectivity index (χ3v) is 7.51. The van der Waals surface area contributed by atoms with Gasteiger partial charge >= 0.3 is 5.97 Å². The van der Waals surface area contributed by atoms with Gasteiger partial charge in [-0.3, -0.25) is 9.69 Å². The lowest BCUT2D eigenvalue weighted by Crippen LogP contribution is -2.29. The summed E-state index contributed by atoms with van der Waals surface area (Å²) >= 11 is 3.18. The first-order valence-electron chi connectivity index (χ1n) is 11.2. The Morgan fingerprint density at radius 2 is 1.91 bits per heavy atom. The molecule has 2 heterocycles. The summed E-state index contributed by atoms with van der Waals surface area (Å²) in [4.78, 5) is 30.4. The summed E-state index contributed by atoms with van der Waals surface area (Å²) in [7, 11) is 0. The number of nitrogens with zero attached hydrogens (tertiary/aromatic N) is 1. The van der Waals surface area contributed by atoms with Crippen molar-refractivity contribution in [1.82, 2.24) is 4.90 Å². The second-order valence-electron chi connectivity index (χ2n) is 7.79. The van der Waals surface area contributed by atoms with Gasteiger partial charge < -0.3 is 10.1 Å². The van der Waals surface area contributed by atoms with E-state index in [0.29, 0.717) is 22.7 Å². The van der Waals surface area contributed by atoms with Crippen LogP contribution < -0.4 is 5.32 Å². The van der Waals surface area contributed by atoms with Gasteiger partial charge in [0.05, 0.1) is 12.2 Å². The topological polar surface area (TPSA) is 58.6 Å². The molecular formula is C26H29ClN2O3S2. The van der Waals surface area contributed by atoms with Crippen molar-refractivity contribution in [3.05, 3.63) is 81.7 Å². The molecule has 180 valence electrons. The van der Waals surface area contributed by atoms with Gasteiger partial charge in [0.15, 0.2) is 0 Å². The lowest BCUT2D eigenvalue weighted by Gasteiger charge is -2.27. The Balaban J connectivity index is 0.00000324. The monoisotopic (exact) mass is 516 g/mol. The number of anilines is 1. The Hall–Kier alpha value is -2.32. The molecule has 0 spiro atoms. The Morgan fingerprint density at radius 3 is 2.65 bits per heavy atom. The molecule has 0 saturated heterocycles. The quantitative estimate of drug-likeness (QED) is 0.282. The third kappa shape index (κ3) is 6.21. The number of thioether (sulfide) groups is 1. The number of fused-ring (bicyclic) bond motifs is 1. The molecule has 1 N–H and O–H groups in total. The van der Waals surface area contributed by atoms with Crippen molar-refractivity contribution >= 4 is 52.4 Å². The van der Waals surface area contributed by atoms with E-state index in [4.69, 9.17) is 4.74 Å². The Morgan fingerprint density at radius 1 is 1.12 bits per heavy atom. The molecule has 1 aliphatic rings. The maximum absolute atomic E-state index is 13.0. The number of esters is 1. The van der Waals surface area contributed by atoms with Crippen LogP contribution in [0.1, 0.15) is 50.6 Å². The van der Waals surface area contributed by atoms with Gasteiger partial charge in [-0.2, -0.15) is 0 Å². The number of rotatable bonds is 8. The Kier molecular flexibility index (Phi) is 9.59. The van der Waals surface area contributed by atoms with Crippen LogP contribution in [0.25, 0.3) is 0 Å². The molecule has 8 heteroatoms. The van der Waals surface area contributed by atoms with E-state index in [1.165, 1.54) is 16.9 Å². The lowest BCUT2D eigenvalue weighted by atomic mass is 10.0. The molecule has 3 aromatic rings. The fourth-order valence-electron chi connectivity index (χ4n) is 4.01. The fraction of sp³-hybridized carbons (Fsp3) is 0.308. The van der Waals surface area contributed by atoms with Crippen molar-refractivity contribution in [1.29, 1.82) is 0 Å². The van der Waals surface area contributed by atoms with Gasteiger partial charge in [-0.05, 0) is 48.4 Å². The summed E-state index contributed by atoms with van der Waals surface area (Å²) < 4.78 is 5.35. The van der Waals surface area contributed by atoms with Crippen LogP contribution in [0.4, 0.5) is 5.00 Å². The number of nitrogens with one attached hydrogen (secondary N) is 1. The van der Waals surface area contributed by atoms with Crippen LogP contribution in [-0.4, -0.2) is 35.7 Å². The molecule has 0 aliphatic carbocycles. The number of ether oxygens (including phenoxy) is 1. The van der Waals surface area contributed by atoms with E-state index in [1.54, 1.807) is 24.8 Å². The molecule has 1 aliphatic heterocycles. The highest BCUT2D eigenvalue weighted by Gasteiger charge is 2.29. The van der Waals surface area contributed by atoms with Gasteiger partial charge in [-0.25, -0.2) is 4.79 Å². The first-order chi connectivity index (χ1) is 16.1. The number of benzene rings is 2. The predicted molar refractivity (Wildman–Crippen MR) is 143 cm³/mol. The van der Waals surface area contributed by atoms with Crippen LogP contribution >= 0.6 is 35.5 Å². The van der Waals surface area contributed by atoms with Crippen LogP contribution in [0.5, 0.6) is 0 Å². The van der Waals surface area contributed by atoms with Gasteiger partial charge in [0.2, 0.25) is 0 Å². The molecular weight excluding hydrogens is 488 g/mol. The maximum Gasteiger partial charge on any atom is 0.341 e. The molecule has 0 atom stereocenters. The summed E-state index contributed by atoms with van der Waals surface area (Å²) in [5, 5.41) is 3.59. The molecule has 0 fully saturated rings. The standard InChI is InChI=1S/C26H28N2O3S2.ClH/c1-3-31-26(30)23-21-13-14-28(16-18-9-6-5-7-10-18)17-22(21)33-25(23)27-24(29)19-11-8-12-20(15-19)32-4-2;/h5-12,15H,3-4,13-14,16-17H2,1-2H3,(H,27,29);1H. The average molecular weight is 517 g/mol. The van der Waals surface area contributed by atoms with E-state index >= 15 is 0 Å². The van der Waals surface area contributed by atoms with Crippen LogP contribution in [0.2, 0.25) is 0 Å². The molecule has 4 rings (SSSR count). The minimum absolute atomic E-state index is 0. The lowest BCUT2D eigenvalue weighted by molar-refractivity contribution is 0.0526. The first-order valence-corrected chi connectivity index (χ1v) is 13.0. The van der Waals surface area contributed by atoms with E-state index in [0.717, 1.165) is 47.1 Å². The van der Waals surface area contributed by atoms with Gasteiger partial charge in [-0.15, -0.1) is 35.5 Å². The van der Waals surface area contributed by atoms with Gasteiger partial charge in [0.25, 0.3) is 5.91 Å². The summed E-state index contributed by atoms with van der Waals surface area (Å²) in [5.74, 6) is 0.366. The minimum atomic E-state index is -0.364. The third-order valence-electron chi connectivity index (χ3n) is 5.50. The second kappa shape index (κ2) is 12.4. The van der Waals surface area contributed by atoms with Crippen molar-refractivity contribution < 1.29 is 14.3 Å². The molecule has 0 bridgehead atoms. The molecule has 0 radical (unpaired) electrons. The smallest absolute Gasteiger partial charge is 0.341 e. The molecule has 1 aromatic heterocycles. The molecule has 34 heavy (non-hydrogen) atoms. The van der Waals surface area contributed by atoms with E-state index in [-0.39, 0.29) is 24.3 Å². The van der Waals surface area contributed by atoms with Crippen molar-refractivity contribution in [2.45, 2.75) is 38.3 Å². The van der Waals surface area contributed by atoms with Gasteiger partial charge in [0, 0.05) is 35.0 Å². The van der Waals surface area contributed by atoms with Crippen LogP contribution in [0.15, 0.2) is 59.5 Å².